The first-order chi connectivity index (χ1) is 12.9. The van der Waals surface area contributed by atoms with Crippen LogP contribution in [0, 0.1) is 20.2 Å². The molecule has 3 rings (SSSR count). The van der Waals surface area contributed by atoms with E-state index in [1.807, 2.05) is 0 Å². The first kappa shape index (κ1) is 18.2. The smallest absolute Gasteiger partial charge is 0.270 e. The molecule has 27 heavy (non-hydrogen) atoms. The van der Waals surface area contributed by atoms with Crippen LogP contribution >= 0.6 is 0 Å². The van der Waals surface area contributed by atoms with Crippen LogP contribution < -0.4 is 5.32 Å². The maximum atomic E-state index is 12.7. The summed E-state index contributed by atoms with van der Waals surface area (Å²) in [5.41, 5.74) is 1.97. The molecule has 0 saturated carbocycles. The molecule has 1 fully saturated rings. The Balaban J connectivity index is 1.90. The zero-order valence-electron chi connectivity index (χ0n) is 14.1. The first-order valence-corrected chi connectivity index (χ1v) is 8.09. The summed E-state index contributed by atoms with van der Waals surface area (Å²) in [5, 5.41) is 24.9. The Bertz CT molecular complexity index is 917. The number of ketones is 1. The number of hydrogen-bond donors (Lipinski definition) is 1. The number of nitrogens with one attached hydrogen (secondary N) is 1. The van der Waals surface area contributed by atoms with Gasteiger partial charge in [-0.25, -0.2) is 0 Å². The number of benzene rings is 2. The van der Waals surface area contributed by atoms with E-state index < -0.39 is 9.85 Å². The van der Waals surface area contributed by atoms with Crippen molar-refractivity contribution in [2.45, 2.75) is 0 Å². The Morgan fingerprint density at radius 2 is 1.26 bits per heavy atom. The number of hydrogen-bond acceptors (Lipinski definition) is 6. The molecule has 0 aliphatic carbocycles. The Hall–Kier alpha value is -3.65. The van der Waals surface area contributed by atoms with Crippen molar-refractivity contribution >= 4 is 29.3 Å². The van der Waals surface area contributed by atoms with Gasteiger partial charge in [-0.1, -0.05) is 24.3 Å². The van der Waals surface area contributed by atoms with Gasteiger partial charge in [-0.3, -0.25) is 25.0 Å². The van der Waals surface area contributed by atoms with Crippen molar-refractivity contribution in [3.05, 3.63) is 91.0 Å². The van der Waals surface area contributed by atoms with Crippen LogP contribution in [-0.4, -0.2) is 28.7 Å². The number of piperidine rings is 1. The van der Waals surface area contributed by atoms with E-state index in [0.29, 0.717) is 35.4 Å². The summed E-state index contributed by atoms with van der Waals surface area (Å²) < 4.78 is 0. The summed E-state index contributed by atoms with van der Waals surface area (Å²) in [6, 6.07) is 12.1. The Morgan fingerprint density at radius 1 is 0.815 bits per heavy atom. The van der Waals surface area contributed by atoms with Gasteiger partial charge in [0.2, 0.25) is 0 Å². The molecular formula is C19H15N3O5. The van der Waals surface area contributed by atoms with Gasteiger partial charge in [0.05, 0.1) is 9.85 Å². The lowest BCUT2D eigenvalue weighted by atomic mass is 9.95. The number of nitro groups is 2. The van der Waals surface area contributed by atoms with E-state index in [4.69, 9.17) is 0 Å². The van der Waals surface area contributed by atoms with Gasteiger partial charge < -0.3 is 5.32 Å². The molecule has 2 aromatic carbocycles. The number of rotatable bonds is 4. The molecule has 0 aromatic heterocycles. The van der Waals surface area contributed by atoms with Crippen molar-refractivity contribution in [3.63, 3.8) is 0 Å². The Morgan fingerprint density at radius 3 is 1.67 bits per heavy atom. The van der Waals surface area contributed by atoms with Crippen molar-refractivity contribution in [1.82, 2.24) is 5.32 Å². The third-order valence-corrected chi connectivity index (χ3v) is 4.06. The van der Waals surface area contributed by atoms with Crippen molar-refractivity contribution in [2.75, 3.05) is 13.1 Å². The Kier molecular flexibility index (Phi) is 5.18. The fourth-order valence-corrected chi connectivity index (χ4v) is 2.79. The summed E-state index contributed by atoms with van der Waals surface area (Å²) in [6.45, 7) is 0.682. The van der Waals surface area contributed by atoms with Gasteiger partial charge in [-0.2, -0.15) is 0 Å². The van der Waals surface area contributed by atoms with Gasteiger partial charge in [0, 0.05) is 48.5 Å². The van der Waals surface area contributed by atoms with Crippen molar-refractivity contribution in [3.8, 4) is 0 Å². The van der Waals surface area contributed by atoms with E-state index >= 15 is 0 Å². The second kappa shape index (κ2) is 7.71. The Labute approximate surface area is 154 Å². The van der Waals surface area contributed by atoms with Crippen LogP contribution in [0.5, 0.6) is 0 Å². The monoisotopic (exact) mass is 365 g/mol. The fourth-order valence-electron chi connectivity index (χ4n) is 2.79. The minimum absolute atomic E-state index is 0.0482. The second-order valence-electron chi connectivity index (χ2n) is 5.98. The van der Waals surface area contributed by atoms with Crippen LogP contribution in [0.2, 0.25) is 0 Å². The van der Waals surface area contributed by atoms with E-state index in [2.05, 4.69) is 5.32 Å². The lowest BCUT2D eigenvalue weighted by Gasteiger charge is -2.18. The van der Waals surface area contributed by atoms with Crippen LogP contribution in [0.3, 0.4) is 0 Å². The van der Waals surface area contributed by atoms with Gasteiger partial charge in [-0.15, -0.1) is 0 Å². The average molecular weight is 365 g/mol. The maximum absolute atomic E-state index is 12.7. The van der Waals surface area contributed by atoms with Gasteiger partial charge in [0.15, 0.2) is 5.78 Å². The van der Waals surface area contributed by atoms with Crippen molar-refractivity contribution in [2.24, 2.45) is 0 Å². The third-order valence-electron chi connectivity index (χ3n) is 4.06. The summed E-state index contributed by atoms with van der Waals surface area (Å²) in [7, 11) is 0. The van der Waals surface area contributed by atoms with Crippen molar-refractivity contribution < 1.29 is 14.6 Å². The molecular weight excluding hydrogens is 350 g/mol. The van der Waals surface area contributed by atoms with E-state index in [1.54, 1.807) is 36.4 Å². The third kappa shape index (κ3) is 4.31. The molecule has 8 heteroatoms. The standard InChI is InChI=1S/C19H15N3O5/c23-19-15(7-13-3-1-5-17(9-13)21(24)25)11-20-12-16(19)8-14-4-2-6-18(10-14)22(26)27/h1-10,20H,11-12H2/b15-7+,16-8+. The van der Waals surface area contributed by atoms with Gasteiger partial charge in [0.1, 0.15) is 0 Å². The molecule has 0 radical (unpaired) electrons. The highest BCUT2D eigenvalue weighted by Crippen LogP contribution is 2.21. The highest BCUT2D eigenvalue weighted by atomic mass is 16.6. The molecule has 0 atom stereocenters. The van der Waals surface area contributed by atoms with E-state index in [9.17, 15) is 25.0 Å². The molecule has 1 aliphatic heterocycles. The maximum Gasteiger partial charge on any atom is 0.270 e. The van der Waals surface area contributed by atoms with E-state index in [0.717, 1.165) is 0 Å². The van der Waals surface area contributed by atoms with Crippen LogP contribution in [0.25, 0.3) is 12.2 Å². The largest absolute Gasteiger partial charge is 0.308 e. The van der Waals surface area contributed by atoms with Crippen molar-refractivity contribution in [1.29, 1.82) is 0 Å². The molecule has 1 heterocycles. The first-order valence-electron chi connectivity index (χ1n) is 8.09. The lowest BCUT2D eigenvalue weighted by molar-refractivity contribution is -0.385. The van der Waals surface area contributed by atoms with E-state index in [1.165, 1.54) is 24.3 Å². The van der Waals surface area contributed by atoms with Crippen LogP contribution in [0.1, 0.15) is 11.1 Å². The molecule has 0 spiro atoms. The highest BCUT2D eigenvalue weighted by molar-refractivity contribution is 6.14. The van der Waals surface area contributed by atoms with Crippen LogP contribution in [-0.2, 0) is 4.79 Å². The number of nitro benzene ring substituents is 2. The second-order valence-corrected chi connectivity index (χ2v) is 5.98. The zero-order chi connectivity index (χ0) is 19.4. The molecule has 1 saturated heterocycles. The molecule has 8 nitrogen and oxygen atoms in total. The summed E-state index contributed by atoms with van der Waals surface area (Å²) in [4.78, 5) is 33.5. The molecule has 136 valence electrons. The minimum Gasteiger partial charge on any atom is -0.308 e. The van der Waals surface area contributed by atoms with Crippen LogP contribution in [0.15, 0.2) is 59.7 Å². The number of non-ortho nitro benzene ring substituents is 2. The van der Waals surface area contributed by atoms with Gasteiger partial charge in [-0.05, 0) is 23.3 Å². The summed E-state index contributed by atoms with van der Waals surface area (Å²) >= 11 is 0. The summed E-state index contributed by atoms with van der Waals surface area (Å²) in [5.74, 6) is -0.188. The predicted octanol–water partition coefficient (Wildman–Crippen LogP) is 3.14. The zero-order valence-corrected chi connectivity index (χ0v) is 14.1. The minimum atomic E-state index is -0.489. The van der Waals surface area contributed by atoms with Gasteiger partial charge >= 0.3 is 0 Å². The lowest BCUT2D eigenvalue weighted by Crippen LogP contribution is -2.32. The summed E-state index contributed by atoms with van der Waals surface area (Å²) in [6.07, 6.45) is 3.23. The number of carbonyl (C=O) groups is 1. The molecule has 0 unspecified atom stereocenters. The average Bonchev–Trinajstić information content (AvgIpc) is 2.65. The number of carbonyl (C=O) groups excluding carboxylic acids is 1. The van der Waals surface area contributed by atoms with Crippen LogP contribution in [0.4, 0.5) is 11.4 Å². The molecule has 1 aliphatic rings. The number of nitrogens with zero attached hydrogens (tertiary/aromatic N) is 2. The quantitative estimate of drug-likeness (QED) is 0.505. The molecule has 1 N–H and O–H groups in total. The SMILES string of the molecule is O=C1/C(=C/c2cccc([N+](=O)[O-])c2)CNC/C1=C\c1cccc([N+](=O)[O-])c1. The molecule has 0 amide bonds. The topological polar surface area (TPSA) is 115 Å². The predicted molar refractivity (Wildman–Crippen MR) is 100 cm³/mol. The fraction of sp³-hybridized carbons (Fsp3) is 0.105. The molecule has 2 aromatic rings. The normalized spacial score (nSPS) is 17.3. The molecule has 0 bridgehead atoms. The highest BCUT2D eigenvalue weighted by Gasteiger charge is 2.20. The van der Waals surface area contributed by atoms with E-state index in [-0.39, 0.29) is 17.2 Å². The number of Topliss-reactive ketones (excluding diaryl/α,β-unsaturated/α-hetero) is 1. The van der Waals surface area contributed by atoms with Gasteiger partial charge in [0.25, 0.3) is 11.4 Å².